The predicted octanol–water partition coefficient (Wildman–Crippen LogP) is 1.69. The molecule has 1 aromatic rings. The summed E-state index contributed by atoms with van der Waals surface area (Å²) in [6.45, 7) is 4.03. The molecule has 15 heavy (non-hydrogen) atoms. The highest BCUT2D eigenvalue weighted by molar-refractivity contribution is 5.15. The van der Waals surface area contributed by atoms with Crippen molar-refractivity contribution in [3.8, 4) is 0 Å². The smallest absolute Gasteiger partial charge is 0.0624 e. The second-order valence-electron chi connectivity index (χ2n) is 4.82. The molecule has 1 atom stereocenters. The molecule has 0 radical (unpaired) electrons. The van der Waals surface area contributed by atoms with E-state index in [0.717, 1.165) is 31.4 Å². The van der Waals surface area contributed by atoms with E-state index in [1.165, 1.54) is 5.69 Å². The first-order valence-corrected chi connectivity index (χ1v) is 5.77. The van der Waals surface area contributed by atoms with Gasteiger partial charge >= 0.3 is 0 Å². The van der Waals surface area contributed by atoms with E-state index in [4.69, 9.17) is 0 Å². The van der Waals surface area contributed by atoms with E-state index in [-0.39, 0.29) is 11.5 Å². The third kappa shape index (κ3) is 1.93. The molecule has 1 heterocycles. The Morgan fingerprint density at radius 3 is 2.67 bits per heavy atom. The molecule has 84 valence electrons. The zero-order valence-electron chi connectivity index (χ0n) is 9.82. The molecule has 0 amide bonds. The zero-order valence-corrected chi connectivity index (χ0v) is 9.82. The molecule has 0 aromatic carbocycles. The summed E-state index contributed by atoms with van der Waals surface area (Å²) in [5.41, 5.74) is 2.55. The van der Waals surface area contributed by atoms with Crippen molar-refractivity contribution in [2.75, 3.05) is 0 Å². The first-order chi connectivity index (χ1) is 7.07. The lowest BCUT2D eigenvalue weighted by atomic mass is 9.94. The molecule has 1 N–H and O–H groups in total. The van der Waals surface area contributed by atoms with Crippen LogP contribution in [0.5, 0.6) is 0 Å². The molecule has 1 aromatic heterocycles. The highest BCUT2D eigenvalue weighted by Crippen LogP contribution is 2.51. The number of hydrogen-bond acceptors (Lipinski definition) is 2. The molecule has 0 saturated heterocycles. The summed E-state index contributed by atoms with van der Waals surface area (Å²) in [4.78, 5) is 0. The van der Waals surface area contributed by atoms with Crippen LogP contribution in [0.1, 0.15) is 38.1 Å². The molecule has 0 spiro atoms. The molecule has 3 nitrogen and oxygen atoms in total. The largest absolute Gasteiger partial charge is 0.393 e. The molecule has 1 aliphatic rings. The minimum absolute atomic E-state index is 0.152. The van der Waals surface area contributed by atoms with Gasteiger partial charge in [0.25, 0.3) is 0 Å². The number of rotatable bonds is 4. The first kappa shape index (κ1) is 10.7. The van der Waals surface area contributed by atoms with Crippen LogP contribution in [0.3, 0.4) is 0 Å². The van der Waals surface area contributed by atoms with E-state index >= 15 is 0 Å². The average molecular weight is 208 g/mol. The van der Waals surface area contributed by atoms with Crippen molar-refractivity contribution in [3.05, 3.63) is 17.5 Å². The van der Waals surface area contributed by atoms with Crippen molar-refractivity contribution in [3.63, 3.8) is 0 Å². The van der Waals surface area contributed by atoms with Gasteiger partial charge in [0, 0.05) is 18.2 Å². The highest BCUT2D eigenvalue weighted by atomic mass is 16.3. The Kier molecular flexibility index (Phi) is 2.59. The maximum Gasteiger partial charge on any atom is 0.0624 e. The van der Waals surface area contributed by atoms with Crippen LogP contribution in [0, 0.1) is 5.41 Å². The number of aryl methyl sites for hydroxylation is 2. The summed E-state index contributed by atoms with van der Waals surface area (Å²) in [5, 5.41) is 14.2. The number of aliphatic hydroxyl groups excluding tert-OH is 1. The van der Waals surface area contributed by atoms with Gasteiger partial charge in [0.15, 0.2) is 0 Å². The molecule has 1 aliphatic carbocycles. The summed E-state index contributed by atoms with van der Waals surface area (Å²) in [5.74, 6) is 0. The highest BCUT2D eigenvalue weighted by Gasteiger charge is 2.47. The lowest BCUT2D eigenvalue weighted by molar-refractivity contribution is 0.109. The second kappa shape index (κ2) is 3.63. The van der Waals surface area contributed by atoms with Crippen molar-refractivity contribution >= 4 is 0 Å². The summed E-state index contributed by atoms with van der Waals surface area (Å²) in [6, 6.07) is 2.17. The van der Waals surface area contributed by atoms with Crippen LogP contribution in [-0.2, 0) is 19.9 Å². The van der Waals surface area contributed by atoms with Gasteiger partial charge in [-0.15, -0.1) is 0 Å². The van der Waals surface area contributed by atoms with Gasteiger partial charge in [0.2, 0.25) is 0 Å². The fraction of sp³-hybridized carbons (Fsp3) is 0.750. The topological polar surface area (TPSA) is 38.0 Å². The average Bonchev–Trinajstić information content (AvgIpc) is 2.88. The van der Waals surface area contributed by atoms with Crippen molar-refractivity contribution in [1.82, 2.24) is 9.78 Å². The quantitative estimate of drug-likeness (QED) is 0.817. The third-order valence-electron chi connectivity index (χ3n) is 3.70. The fourth-order valence-electron chi connectivity index (χ4n) is 2.17. The van der Waals surface area contributed by atoms with Crippen LogP contribution >= 0.6 is 0 Å². The van der Waals surface area contributed by atoms with Gasteiger partial charge in [-0.2, -0.15) is 5.10 Å². The van der Waals surface area contributed by atoms with Crippen molar-refractivity contribution in [1.29, 1.82) is 0 Å². The van der Waals surface area contributed by atoms with E-state index in [1.54, 1.807) is 0 Å². The van der Waals surface area contributed by atoms with Crippen LogP contribution in [0.4, 0.5) is 0 Å². The lowest BCUT2D eigenvalue weighted by Gasteiger charge is -2.18. The SMILES string of the molecule is CCc1cc(CC2(C(C)O)CC2)n(C)n1. The Bertz CT molecular complexity index is 351. The normalized spacial score (nSPS) is 20.3. The Balaban J connectivity index is 2.14. The van der Waals surface area contributed by atoms with Crippen LogP contribution in [0.15, 0.2) is 6.07 Å². The zero-order chi connectivity index (χ0) is 11.1. The predicted molar refractivity (Wildman–Crippen MR) is 59.6 cm³/mol. The standard InChI is InChI=1S/C12H20N2O/c1-4-10-7-11(14(3)13-10)8-12(5-6-12)9(2)15/h7,9,15H,4-6,8H2,1-3H3. The van der Waals surface area contributed by atoms with Crippen LogP contribution in [0.25, 0.3) is 0 Å². The van der Waals surface area contributed by atoms with Gasteiger partial charge in [0.05, 0.1) is 11.8 Å². The minimum Gasteiger partial charge on any atom is -0.393 e. The Morgan fingerprint density at radius 1 is 1.60 bits per heavy atom. The van der Waals surface area contributed by atoms with E-state index in [2.05, 4.69) is 18.1 Å². The van der Waals surface area contributed by atoms with E-state index in [0.29, 0.717) is 0 Å². The summed E-state index contributed by atoms with van der Waals surface area (Å²) < 4.78 is 1.96. The monoisotopic (exact) mass is 208 g/mol. The van der Waals surface area contributed by atoms with Gasteiger partial charge in [0.1, 0.15) is 0 Å². The maximum atomic E-state index is 9.73. The molecule has 0 aliphatic heterocycles. The molecule has 1 fully saturated rings. The molecule has 1 unspecified atom stereocenters. The molecule has 1 saturated carbocycles. The number of hydrogen-bond donors (Lipinski definition) is 1. The molecule has 0 bridgehead atoms. The van der Waals surface area contributed by atoms with E-state index in [9.17, 15) is 5.11 Å². The van der Waals surface area contributed by atoms with Gasteiger partial charge in [-0.1, -0.05) is 6.92 Å². The van der Waals surface area contributed by atoms with Gasteiger partial charge in [-0.25, -0.2) is 0 Å². The number of aromatic nitrogens is 2. The summed E-state index contributed by atoms with van der Waals surface area (Å²) in [6.07, 6.45) is 4.05. The van der Waals surface area contributed by atoms with E-state index < -0.39 is 0 Å². The van der Waals surface area contributed by atoms with Gasteiger partial charge < -0.3 is 5.11 Å². The Labute approximate surface area is 91.1 Å². The van der Waals surface area contributed by atoms with E-state index in [1.807, 2.05) is 18.7 Å². The molecular formula is C12H20N2O. The van der Waals surface area contributed by atoms with Gasteiger partial charge in [-0.3, -0.25) is 4.68 Å². The Hall–Kier alpha value is -0.830. The van der Waals surface area contributed by atoms with Crippen molar-refractivity contribution in [2.45, 2.75) is 45.6 Å². The molecular weight excluding hydrogens is 188 g/mol. The second-order valence-corrected chi connectivity index (χ2v) is 4.82. The Morgan fingerprint density at radius 2 is 2.27 bits per heavy atom. The van der Waals surface area contributed by atoms with Crippen molar-refractivity contribution < 1.29 is 5.11 Å². The summed E-state index contributed by atoms with van der Waals surface area (Å²) in [7, 11) is 1.99. The lowest BCUT2D eigenvalue weighted by Crippen LogP contribution is -2.21. The third-order valence-corrected chi connectivity index (χ3v) is 3.70. The van der Waals surface area contributed by atoms with Crippen LogP contribution in [-0.4, -0.2) is 21.0 Å². The minimum atomic E-state index is -0.197. The van der Waals surface area contributed by atoms with Crippen LogP contribution in [0.2, 0.25) is 0 Å². The maximum absolute atomic E-state index is 9.73. The van der Waals surface area contributed by atoms with Gasteiger partial charge in [-0.05, 0) is 38.7 Å². The van der Waals surface area contributed by atoms with Crippen LogP contribution < -0.4 is 0 Å². The number of aliphatic hydroxyl groups is 1. The number of nitrogens with zero attached hydrogens (tertiary/aromatic N) is 2. The molecule has 2 rings (SSSR count). The summed E-state index contributed by atoms with van der Waals surface area (Å²) >= 11 is 0. The fourth-order valence-corrected chi connectivity index (χ4v) is 2.17. The van der Waals surface area contributed by atoms with Crippen molar-refractivity contribution in [2.24, 2.45) is 12.5 Å². The molecule has 3 heteroatoms. The first-order valence-electron chi connectivity index (χ1n) is 5.77.